The van der Waals surface area contributed by atoms with Crippen molar-refractivity contribution < 1.29 is 17.9 Å². The minimum atomic E-state index is -4.33. The van der Waals surface area contributed by atoms with Crippen molar-refractivity contribution in [3.8, 4) is 5.75 Å². The Morgan fingerprint density at radius 3 is 2.33 bits per heavy atom. The first kappa shape index (κ1) is 18.6. The average Bonchev–Trinajstić information content (AvgIpc) is 3.08. The van der Waals surface area contributed by atoms with Crippen molar-refractivity contribution in [1.29, 1.82) is 0 Å². The first-order valence-corrected chi connectivity index (χ1v) is 8.15. The van der Waals surface area contributed by atoms with E-state index in [4.69, 9.17) is 4.74 Å². The summed E-state index contributed by atoms with van der Waals surface area (Å²) < 4.78 is 43.3. The molecule has 0 amide bonds. The van der Waals surface area contributed by atoms with Gasteiger partial charge in [0.15, 0.2) is 0 Å². The summed E-state index contributed by atoms with van der Waals surface area (Å²) in [6.45, 7) is 0.192. The van der Waals surface area contributed by atoms with E-state index in [1.54, 1.807) is 13.3 Å². The largest absolute Gasteiger partial charge is 0.489 e. The standard InChI is InChI=1S/C19H17F3N4O/c1-23-11-18-17(24-26-25-18)10-13-4-8-16(9-5-13)27-12-14-2-6-15(7-3-14)19(20,21)22/h2-9,11H,10,12H2,1H3,(H,24,25,26)/b23-11-. The van der Waals surface area contributed by atoms with Crippen LogP contribution in [0, 0.1) is 0 Å². The maximum absolute atomic E-state index is 12.6. The summed E-state index contributed by atoms with van der Waals surface area (Å²) in [5.74, 6) is 0.633. The average molecular weight is 374 g/mol. The third-order valence-corrected chi connectivity index (χ3v) is 3.89. The molecule has 0 aliphatic heterocycles. The number of nitrogens with zero attached hydrogens (tertiary/aromatic N) is 3. The number of aliphatic imine (C=N–C) groups is 1. The van der Waals surface area contributed by atoms with Gasteiger partial charge < -0.3 is 4.74 Å². The van der Waals surface area contributed by atoms with Crippen LogP contribution in [0.2, 0.25) is 0 Å². The van der Waals surface area contributed by atoms with Crippen LogP contribution in [-0.4, -0.2) is 28.7 Å². The molecule has 3 aromatic rings. The van der Waals surface area contributed by atoms with E-state index in [1.807, 2.05) is 24.3 Å². The summed E-state index contributed by atoms with van der Waals surface area (Å²) in [7, 11) is 1.67. The van der Waals surface area contributed by atoms with Gasteiger partial charge in [-0.3, -0.25) is 10.1 Å². The molecule has 1 heterocycles. The lowest BCUT2D eigenvalue weighted by molar-refractivity contribution is -0.137. The van der Waals surface area contributed by atoms with Gasteiger partial charge in [0.05, 0.1) is 17.0 Å². The number of aromatic amines is 1. The molecule has 1 N–H and O–H groups in total. The number of rotatable bonds is 6. The van der Waals surface area contributed by atoms with Crippen molar-refractivity contribution in [1.82, 2.24) is 15.4 Å². The molecule has 0 atom stereocenters. The van der Waals surface area contributed by atoms with Crippen molar-refractivity contribution in [3.63, 3.8) is 0 Å². The van der Waals surface area contributed by atoms with Gasteiger partial charge in [-0.2, -0.15) is 13.2 Å². The minimum absolute atomic E-state index is 0.192. The number of ether oxygens (including phenoxy) is 1. The van der Waals surface area contributed by atoms with E-state index in [2.05, 4.69) is 20.4 Å². The fourth-order valence-corrected chi connectivity index (χ4v) is 2.47. The molecule has 0 unspecified atom stereocenters. The number of nitrogens with one attached hydrogen (secondary N) is 1. The number of alkyl halides is 3. The fraction of sp³-hybridized carbons (Fsp3) is 0.211. The van der Waals surface area contributed by atoms with Gasteiger partial charge in [-0.05, 0) is 35.4 Å². The third-order valence-electron chi connectivity index (χ3n) is 3.89. The van der Waals surface area contributed by atoms with Gasteiger partial charge in [0.1, 0.15) is 12.4 Å². The van der Waals surface area contributed by atoms with Gasteiger partial charge in [0, 0.05) is 19.7 Å². The molecule has 27 heavy (non-hydrogen) atoms. The van der Waals surface area contributed by atoms with Gasteiger partial charge >= 0.3 is 6.18 Å². The Morgan fingerprint density at radius 2 is 1.70 bits per heavy atom. The Morgan fingerprint density at radius 1 is 1.04 bits per heavy atom. The Bertz CT molecular complexity index is 900. The van der Waals surface area contributed by atoms with Crippen molar-refractivity contribution in [2.24, 2.45) is 4.99 Å². The SMILES string of the molecule is C/N=C\c1[nH]nnc1Cc1ccc(OCc2ccc(C(F)(F)F)cc2)cc1. The van der Waals surface area contributed by atoms with Crippen LogP contribution in [0.1, 0.15) is 28.1 Å². The van der Waals surface area contributed by atoms with Crippen molar-refractivity contribution in [2.45, 2.75) is 19.2 Å². The predicted octanol–water partition coefficient (Wildman–Crippen LogP) is 4.04. The molecule has 0 spiro atoms. The van der Waals surface area contributed by atoms with Crippen LogP contribution in [0.15, 0.2) is 53.5 Å². The Kier molecular flexibility index (Phi) is 5.54. The number of benzene rings is 2. The molecule has 1 aromatic heterocycles. The van der Waals surface area contributed by atoms with Gasteiger partial charge in [0.25, 0.3) is 0 Å². The van der Waals surface area contributed by atoms with E-state index in [1.165, 1.54) is 12.1 Å². The van der Waals surface area contributed by atoms with Crippen LogP contribution in [0.3, 0.4) is 0 Å². The maximum atomic E-state index is 12.6. The lowest BCUT2D eigenvalue weighted by Gasteiger charge is -2.09. The van der Waals surface area contributed by atoms with Gasteiger partial charge in [-0.15, -0.1) is 5.10 Å². The molecule has 140 valence electrons. The number of aromatic nitrogens is 3. The van der Waals surface area contributed by atoms with E-state index in [9.17, 15) is 13.2 Å². The van der Waals surface area contributed by atoms with Gasteiger partial charge in [-0.25, -0.2) is 0 Å². The third kappa shape index (κ3) is 4.93. The maximum Gasteiger partial charge on any atom is 0.416 e. The second-order valence-electron chi connectivity index (χ2n) is 5.86. The molecule has 0 bridgehead atoms. The molecule has 8 heteroatoms. The smallest absolute Gasteiger partial charge is 0.416 e. The predicted molar refractivity (Wildman–Crippen MR) is 94.9 cm³/mol. The van der Waals surface area contributed by atoms with E-state index < -0.39 is 11.7 Å². The van der Waals surface area contributed by atoms with E-state index in [0.29, 0.717) is 17.7 Å². The monoisotopic (exact) mass is 374 g/mol. The van der Waals surface area contributed by atoms with Crippen LogP contribution < -0.4 is 4.74 Å². The Hall–Kier alpha value is -3.16. The minimum Gasteiger partial charge on any atom is -0.489 e. The fourth-order valence-electron chi connectivity index (χ4n) is 2.47. The zero-order chi connectivity index (χ0) is 19.3. The van der Waals surface area contributed by atoms with Crippen LogP contribution >= 0.6 is 0 Å². The highest BCUT2D eigenvalue weighted by Crippen LogP contribution is 2.29. The van der Waals surface area contributed by atoms with Crippen molar-refractivity contribution >= 4 is 6.21 Å². The molecule has 3 rings (SSSR count). The number of halogens is 3. The highest BCUT2D eigenvalue weighted by molar-refractivity contribution is 5.78. The normalized spacial score (nSPS) is 11.9. The second-order valence-corrected chi connectivity index (χ2v) is 5.86. The molecule has 0 fully saturated rings. The lowest BCUT2D eigenvalue weighted by atomic mass is 10.1. The number of H-pyrrole nitrogens is 1. The van der Waals surface area contributed by atoms with Crippen LogP contribution in [0.25, 0.3) is 0 Å². The molecular formula is C19H17F3N4O. The van der Waals surface area contributed by atoms with Crippen LogP contribution in [0.5, 0.6) is 5.75 Å². The highest BCUT2D eigenvalue weighted by atomic mass is 19.4. The second kappa shape index (κ2) is 8.03. The molecule has 0 radical (unpaired) electrons. The summed E-state index contributed by atoms with van der Waals surface area (Å²) in [5.41, 5.74) is 2.57. The molecule has 2 aromatic carbocycles. The number of hydrogen-bond acceptors (Lipinski definition) is 4. The van der Waals surface area contributed by atoms with Crippen LogP contribution in [-0.2, 0) is 19.2 Å². The topological polar surface area (TPSA) is 63.2 Å². The zero-order valence-electron chi connectivity index (χ0n) is 14.5. The molecule has 0 saturated heterocycles. The summed E-state index contributed by atoms with van der Waals surface area (Å²) in [6.07, 6.45) is -2.07. The van der Waals surface area contributed by atoms with Crippen molar-refractivity contribution in [3.05, 3.63) is 76.6 Å². The quantitative estimate of drug-likeness (QED) is 0.663. The van der Waals surface area contributed by atoms with Gasteiger partial charge in [0.2, 0.25) is 0 Å². The summed E-state index contributed by atoms with van der Waals surface area (Å²) in [4.78, 5) is 3.95. The molecular weight excluding hydrogens is 357 g/mol. The van der Waals surface area contributed by atoms with E-state index >= 15 is 0 Å². The first-order chi connectivity index (χ1) is 13.0. The summed E-state index contributed by atoms with van der Waals surface area (Å²) >= 11 is 0. The number of hydrogen-bond donors (Lipinski definition) is 1. The highest BCUT2D eigenvalue weighted by Gasteiger charge is 2.29. The Balaban J connectivity index is 1.58. The lowest BCUT2D eigenvalue weighted by Crippen LogP contribution is -2.05. The first-order valence-electron chi connectivity index (χ1n) is 8.15. The van der Waals surface area contributed by atoms with Crippen LogP contribution in [0.4, 0.5) is 13.2 Å². The van der Waals surface area contributed by atoms with Crippen molar-refractivity contribution in [2.75, 3.05) is 7.05 Å². The molecule has 0 saturated carbocycles. The van der Waals surface area contributed by atoms with E-state index in [0.717, 1.165) is 29.1 Å². The molecule has 0 aliphatic carbocycles. The summed E-state index contributed by atoms with van der Waals surface area (Å²) in [6, 6.07) is 12.4. The van der Waals surface area contributed by atoms with E-state index in [-0.39, 0.29) is 6.61 Å². The molecule has 0 aliphatic rings. The summed E-state index contributed by atoms with van der Waals surface area (Å²) in [5, 5.41) is 10.6. The molecule has 5 nitrogen and oxygen atoms in total. The van der Waals surface area contributed by atoms with Gasteiger partial charge in [-0.1, -0.05) is 29.5 Å². The Labute approximate surface area is 153 Å². The zero-order valence-corrected chi connectivity index (χ0v) is 14.5.